The Balaban J connectivity index is 2.28. The fourth-order valence-corrected chi connectivity index (χ4v) is 3.55. The van der Waals surface area contributed by atoms with Crippen LogP contribution in [0.4, 0.5) is 0 Å². The molecule has 86 valence electrons. The molecule has 0 aromatic heterocycles. The minimum Gasteiger partial charge on any atom is -0.481 e. The Morgan fingerprint density at radius 2 is 1.88 bits per heavy atom. The fourth-order valence-electron chi connectivity index (χ4n) is 1.68. The normalized spacial score (nSPS) is 24.1. The molecule has 4 nitrogen and oxygen atoms in total. The number of carboxylic acid groups (broad SMARTS) is 1. The van der Waals surface area contributed by atoms with Gasteiger partial charge >= 0.3 is 5.97 Å². The zero-order chi connectivity index (χ0) is 11.9. The number of benzene rings is 1. The summed E-state index contributed by atoms with van der Waals surface area (Å²) in [5, 5.41) is 7.97. The second-order valence-electron chi connectivity index (χ2n) is 4.08. The molecule has 0 saturated heterocycles. The molecule has 5 heteroatoms. The predicted molar refractivity (Wildman–Crippen MR) is 57.9 cm³/mol. The van der Waals surface area contributed by atoms with Crippen molar-refractivity contribution in [2.75, 3.05) is 0 Å². The number of aliphatic carboxylic acids is 1. The highest BCUT2D eigenvalue weighted by molar-refractivity contribution is 7.92. The average Bonchev–Trinajstić information content (AvgIpc) is 2.98. The molecule has 1 aliphatic carbocycles. The van der Waals surface area contributed by atoms with Crippen LogP contribution in [-0.2, 0) is 14.6 Å². The van der Waals surface area contributed by atoms with Crippen molar-refractivity contribution in [3.63, 3.8) is 0 Å². The third kappa shape index (κ3) is 1.82. The van der Waals surface area contributed by atoms with E-state index < -0.39 is 27.0 Å². The summed E-state index contributed by atoms with van der Waals surface area (Å²) >= 11 is 0. The third-order valence-corrected chi connectivity index (χ3v) is 5.04. The summed E-state index contributed by atoms with van der Waals surface area (Å²) in [4.78, 5) is 10.9. The highest BCUT2D eigenvalue weighted by atomic mass is 32.2. The van der Waals surface area contributed by atoms with Crippen molar-refractivity contribution in [2.24, 2.45) is 5.92 Å². The molecule has 1 fully saturated rings. The maximum Gasteiger partial charge on any atom is 0.307 e. The van der Waals surface area contributed by atoms with Crippen molar-refractivity contribution in [3.8, 4) is 0 Å². The van der Waals surface area contributed by atoms with E-state index >= 15 is 0 Å². The first kappa shape index (κ1) is 11.1. The molecule has 16 heavy (non-hydrogen) atoms. The summed E-state index contributed by atoms with van der Waals surface area (Å²) in [6.45, 7) is 1.87. The Bertz CT molecular complexity index is 515. The molecule has 0 amide bonds. The van der Waals surface area contributed by atoms with Crippen LogP contribution in [-0.4, -0.2) is 24.7 Å². The Hall–Kier alpha value is -1.36. The fraction of sp³-hybridized carbons (Fsp3) is 0.364. The van der Waals surface area contributed by atoms with Crippen LogP contribution in [0.3, 0.4) is 0 Å². The first-order valence-electron chi connectivity index (χ1n) is 4.96. The van der Waals surface area contributed by atoms with Gasteiger partial charge in [0.05, 0.1) is 16.1 Å². The molecule has 0 unspecified atom stereocenters. The molecule has 2 atom stereocenters. The maximum atomic E-state index is 12.0. The molecule has 0 aliphatic heterocycles. The molecule has 1 aliphatic rings. The number of carbonyl (C=O) groups is 1. The van der Waals surface area contributed by atoms with Gasteiger partial charge in [-0.15, -0.1) is 0 Å². The molecule has 1 aromatic rings. The van der Waals surface area contributed by atoms with E-state index in [0.717, 1.165) is 5.56 Å². The number of sulfone groups is 1. The van der Waals surface area contributed by atoms with Crippen LogP contribution >= 0.6 is 0 Å². The molecule has 1 aromatic carbocycles. The van der Waals surface area contributed by atoms with Gasteiger partial charge in [0.15, 0.2) is 9.84 Å². The lowest BCUT2D eigenvalue weighted by Gasteiger charge is -2.03. The van der Waals surface area contributed by atoms with E-state index in [1.165, 1.54) is 12.1 Å². The van der Waals surface area contributed by atoms with E-state index in [9.17, 15) is 13.2 Å². The molecule has 1 saturated carbocycles. The summed E-state index contributed by atoms with van der Waals surface area (Å²) in [7, 11) is -3.46. The minimum absolute atomic E-state index is 0.215. The van der Waals surface area contributed by atoms with Crippen LogP contribution in [0.2, 0.25) is 0 Å². The van der Waals surface area contributed by atoms with Crippen molar-refractivity contribution >= 4 is 15.8 Å². The summed E-state index contributed by atoms with van der Waals surface area (Å²) in [6.07, 6.45) is 0.228. The molecule has 0 bridgehead atoms. The van der Waals surface area contributed by atoms with Gasteiger partial charge in [0, 0.05) is 0 Å². The summed E-state index contributed by atoms with van der Waals surface area (Å²) in [5.41, 5.74) is 0.976. The summed E-state index contributed by atoms with van der Waals surface area (Å²) < 4.78 is 23.9. The second-order valence-corrected chi connectivity index (χ2v) is 6.24. The van der Waals surface area contributed by atoms with Crippen molar-refractivity contribution in [2.45, 2.75) is 23.5 Å². The van der Waals surface area contributed by atoms with Crippen molar-refractivity contribution in [1.29, 1.82) is 0 Å². The molecular formula is C11H12O4S. The largest absolute Gasteiger partial charge is 0.481 e. The highest BCUT2D eigenvalue weighted by Crippen LogP contribution is 2.40. The predicted octanol–water partition coefficient (Wildman–Crippen LogP) is 1.24. The molecule has 0 spiro atoms. The summed E-state index contributed by atoms with van der Waals surface area (Å²) in [5.74, 6) is -1.76. The lowest BCUT2D eigenvalue weighted by molar-refractivity contribution is -0.138. The van der Waals surface area contributed by atoms with Crippen LogP contribution in [0.5, 0.6) is 0 Å². The van der Waals surface area contributed by atoms with Gasteiger partial charge in [-0.05, 0) is 25.5 Å². The molecule has 0 radical (unpaired) electrons. The highest BCUT2D eigenvalue weighted by Gasteiger charge is 2.52. The molecule has 0 heterocycles. The monoisotopic (exact) mass is 240 g/mol. The van der Waals surface area contributed by atoms with Crippen molar-refractivity contribution in [1.82, 2.24) is 0 Å². The van der Waals surface area contributed by atoms with E-state index in [1.54, 1.807) is 12.1 Å². The van der Waals surface area contributed by atoms with Gasteiger partial charge in [-0.1, -0.05) is 17.7 Å². The lowest BCUT2D eigenvalue weighted by Crippen LogP contribution is -2.13. The molecular weight excluding hydrogens is 228 g/mol. The SMILES string of the molecule is Cc1ccc(S(=O)(=O)[C@H]2C[C@@H]2C(=O)O)cc1. The van der Waals surface area contributed by atoms with Gasteiger partial charge in [-0.2, -0.15) is 0 Å². The van der Waals surface area contributed by atoms with Crippen LogP contribution in [0.1, 0.15) is 12.0 Å². The lowest BCUT2D eigenvalue weighted by atomic mass is 10.2. The van der Waals surface area contributed by atoms with Crippen LogP contribution in [0, 0.1) is 12.8 Å². The van der Waals surface area contributed by atoms with Gasteiger partial charge in [-0.3, -0.25) is 4.79 Å². The standard InChI is InChI=1S/C11H12O4S/c1-7-2-4-8(5-3-7)16(14,15)10-6-9(10)11(12)13/h2-5,9-10H,6H2,1H3,(H,12,13)/t9-,10-/m0/s1. The van der Waals surface area contributed by atoms with E-state index in [0.29, 0.717) is 0 Å². The summed E-state index contributed by atoms with van der Waals surface area (Å²) in [6, 6.07) is 6.49. The van der Waals surface area contributed by atoms with Gasteiger partial charge in [0.25, 0.3) is 0 Å². The zero-order valence-electron chi connectivity index (χ0n) is 8.75. The van der Waals surface area contributed by atoms with Gasteiger partial charge < -0.3 is 5.11 Å². The molecule has 1 N–H and O–H groups in total. The zero-order valence-corrected chi connectivity index (χ0v) is 9.57. The van der Waals surface area contributed by atoms with Crippen LogP contribution < -0.4 is 0 Å². The number of aryl methyl sites for hydroxylation is 1. The average molecular weight is 240 g/mol. The van der Waals surface area contributed by atoms with E-state index in [1.807, 2.05) is 6.92 Å². The first-order chi connectivity index (χ1) is 7.43. The van der Waals surface area contributed by atoms with Crippen molar-refractivity contribution in [3.05, 3.63) is 29.8 Å². The van der Waals surface area contributed by atoms with Gasteiger partial charge in [-0.25, -0.2) is 8.42 Å². The Morgan fingerprint density at radius 1 is 1.31 bits per heavy atom. The van der Waals surface area contributed by atoms with E-state index in [-0.39, 0.29) is 11.3 Å². The van der Waals surface area contributed by atoms with Crippen molar-refractivity contribution < 1.29 is 18.3 Å². The van der Waals surface area contributed by atoms with E-state index in [4.69, 9.17) is 5.11 Å². The second kappa shape index (κ2) is 3.59. The number of rotatable bonds is 3. The Morgan fingerprint density at radius 3 is 2.31 bits per heavy atom. The van der Waals surface area contributed by atoms with Gasteiger partial charge in [0.2, 0.25) is 0 Å². The maximum absolute atomic E-state index is 12.0. The third-order valence-electron chi connectivity index (χ3n) is 2.80. The van der Waals surface area contributed by atoms with E-state index in [2.05, 4.69) is 0 Å². The number of hydrogen-bond donors (Lipinski definition) is 1. The number of hydrogen-bond acceptors (Lipinski definition) is 3. The van der Waals surface area contributed by atoms with Gasteiger partial charge in [0.1, 0.15) is 0 Å². The smallest absolute Gasteiger partial charge is 0.307 e. The molecule has 2 rings (SSSR count). The Kier molecular flexibility index (Phi) is 2.50. The first-order valence-corrected chi connectivity index (χ1v) is 6.51. The Labute approximate surface area is 93.8 Å². The topological polar surface area (TPSA) is 71.4 Å². The quantitative estimate of drug-likeness (QED) is 0.862. The van der Waals surface area contributed by atoms with Crippen LogP contribution in [0.15, 0.2) is 29.2 Å². The minimum atomic E-state index is -3.46. The van der Waals surface area contributed by atoms with Crippen LogP contribution in [0.25, 0.3) is 0 Å². The number of carboxylic acids is 1.